The SMILES string of the molecule is NCCNS(=O)(=O)c1csc(C(=O)O)c1. The summed E-state index contributed by atoms with van der Waals surface area (Å²) in [4.78, 5) is 10.5. The van der Waals surface area contributed by atoms with Crippen molar-refractivity contribution in [3.63, 3.8) is 0 Å². The Hall–Kier alpha value is -0.960. The molecule has 1 aromatic heterocycles. The number of carboxylic acids is 1. The molecule has 0 aliphatic rings. The van der Waals surface area contributed by atoms with Crippen LogP contribution in [-0.4, -0.2) is 32.6 Å². The summed E-state index contributed by atoms with van der Waals surface area (Å²) in [7, 11) is -3.62. The molecule has 1 heterocycles. The third kappa shape index (κ3) is 2.99. The van der Waals surface area contributed by atoms with Gasteiger partial charge in [-0.25, -0.2) is 17.9 Å². The summed E-state index contributed by atoms with van der Waals surface area (Å²) in [5.41, 5.74) is 5.15. The van der Waals surface area contributed by atoms with E-state index in [1.807, 2.05) is 0 Å². The van der Waals surface area contributed by atoms with E-state index in [0.29, 0.717) is 0 Å². The Labute approximate surface area is 90.8 Å². The monoisotopic (exact) mass is 250 g/mol. The van der Waals surface area contributed by atoms with Gasteiger partial charge in [-0.05, 0) is 6.07 Å². The van der Waals surface area contributed by atoms with Crippen molar-refractivity contribution >= 4 is 27.3 Å². The van der Waals surface area contributed by atoms with Gasteiger partial charge in [-0.3, -0.25) is 0 Å². The van der Waals surface area contributed by atoms with Crippen molar-refractivity contribution in [3.05, 3.63) is 16.3 Å². The normalized spacial score (nSPS) is 11.5. The van der Waals surface area contributed by atoms with E-state index < -0.39 is 16.0 Å². The largest absolute Gasteiger partial charge is 0.477 e. The molecule has 0 saturated carbocycles. The van der Waals surface area contributed by atoms with Crippen molar-refractivity contribution in [3.8, 4) is 0 Å². The predicted molar refractivity (Wildman–Crippen MR) is 55.5 cm³/mol. The smallest absolute Gasteiger partial charge is 0.345 e. The van der Waals surface area contributed by atoms with E-state index in [4.69, 9.17) is 10.8 Å². The van der Waals surface area contributed by atoms with Crippen molar-refractivity contribution < 1.29 is 18.3 Å². The van der Waals surface area contributed by atoms with Crippen LogP contribution in [0.4, 0.5) is 0 Å². The van der Waals surface area contributed by atoms with Gasteiger partial charge in [0.05, 0.1) is 4.90 Å². The highest BCUT2D eigenvalue weighted by molar-refractivity contribution is 7.89. The standard InChI is InChI=1S/C7H10N2O4S2/c8-1-2-9-15(12,13)5-3-6(7(10)11)14-4-5/h3-4,9H,1-2,8H2,(H,10,11). The summed E-state index contributed by atoms with van der Waals surface area (Å²) in [5, 5.41) is 9.90. The Morgan fingerprint density at radius 1 is 1.60 bits per heavy atom. The summed E-state index contributed by atoms with van der Waals surface area (Å²) < 4.78 is 25.2. The van der Waals surface area contributed by atoms with E-state index in [2.05, 4.69) is 4.72 Å². The van der Waals surface area contributed by atoms with Crippen LogP contribution in [0.25, 0.3) is 0 Å². The van der Waals surface area contributed by atoms with Crippen LogP contribution in [0.3, 0.4) is 0 Å². The second-order valence-corrected chi connectivity index (χ2v) is 5.32. The van der Waals surface area contributed by atoms with Crippen molar-refractivity contribution in [1.29, 1.82) is 0 Å². The minimum absolute atomic E-state index is 0.0110. The summed E-state index contributed by atoms with van der Waals surface area (Å²) in [6.45, 7) is 0.315. The Morgan fingerprint density at radius 3 is 2.73 bits per heavy atom. The molecule has 0 atom stereocenters. The van der Waals surface area contributed by atoms with E-state index in [-0.39, 0.29) is 22.9 Å². The molecule has 0 amide bonds. The lowest BCUT2D eigenvalue weighted by Crippen LogP contribution is -2.28. The topological polar surface area (TPSA) is 109 Å². The zero-order chi connectivity index (χ0) is 11.5. The molecule has 0 bridgehead atoms. The molecule has 0 aliphatic heterocycles. The molecule has 0 radical (unpaired) electrons. The van der Waals surface area contributed by atoms with Gasteiger partial charge in [0.25, 0.3) is 0 Å². The Bertz CT molecular complexity index is 451. The molecule has 0 saturated heterocycles. The Balaban J connectivity index is 2.91. The molecule has 1 aromatic rings. The van der Waals surface area contributed by atoms with Crippen molar-refractivity contribution in [1.82, 2.24) is 4.72 Å². The number of sulfonamides is 1. The number of carbonyl (C=O) groups is 1. The van der Waals surface area contributed by atoms with Crippen LogP contribution in [0.1, 0.15) is 9.67 Å². The molecular formula is C7H10N2O4S2. The van der Waals surface area contributed by atoms with Gasteiger partial charge in [0.1, 0.15) is 4.88 Å². The molecule has 0 aromatic carbocycles. The maximum absolute atomic E-state index is 11.5. The van der Waals surface area contributed by atoms with Crippen LogP contribution >= 0.6 is 11.3 Å². The zero-order valence-electron chi connectivity index (χ0n) is 7.63. The lowest BCUT2D eigenvalue weighted by atomic mass is 10.5. The minimum atomic E-state index is -3.62. The van der Waals surface area contributed by atoms with Crippen LogP contribution in [0.15, 0.2) is 16.3 Å². The van der Waals surface area contributed by atoms with Crippen LogP contribution in [-0.2, 0) is 10.0 Å². The minimum Gasteiger partial charge on any atom is -0.477 e. The highest BCUT2D eigenvalue weighted by atomic mass is 32.2. The molecule has 1 rings (SSSR count). The molecular weight excluding hydrogens is 240 g/mol. The van der Waals surface area contributed by atoms with Gasteiger partial charge >= 0.3 is 5.97 Å². The maximum Gasteiger partial charge on any atom is 0.345 e. The van der Waals surface area contributed by atoms with E-state index in [9.17, 15) is 13.2 Å². The number of rotatable bonds is 5. The fourth-order valence-corrected chi connectivity index (χ4v) is 3.01. The number of hydrogen-bond donors (Lipinski definition) is 3. The molecule has 15 heavy (non-hydrogen) atoms. The first-order valence-corrected chi connectivity index (χ1v) is 6.35. The van der Waals surface area contributed by atoms with Gasteiger partial charge in [-0.15, -0.1) is 11.3 Å². The summed E-state index contributed by atoms with van der Waals surface area (Å²) >= 11 is 0.868. The highest BCUT2D eigenvalue weighted by Crippen LogP contribution is 2.18. The van der Waals surface area contributed by atoms with Crippen molar-refractivity contribution in [2.24, 2.45) is 5.73 Å². The van der Waals surface area contributed by atoms with Crippen LogP contribution in [0.2, 0.25) is 0 Å². The molecule has 4 N–H and O–H groups in total. The predicted octanol–water partition coefficient (Wildman–Crippen LogP) is -0.317. The maximum atomic E-state index is 11.5. The van der Waals surface area contributed by atoms with Crippen molar-refractivity contribution in [2.45, 2.75) is 4.90 Å². The van der Waals surface area contributed by atoms with Gasteiger partial charge in [0.2, 0.25) is 10.0 Å². The highest BCUT2D eigenvalue weighted by Gasteiger charge is 2.17. The summed E-state index contributed by atoms with van der Waals surface area (Å²) in [6.07, 6.45) is 0. The van der Waals surface area contributed by atoms with Gasteiger partial charge < -0.3 is 10.8 Å². The van der Waals surface area contributed by atoms with E-state index in [1.54, 1.807) is 0 Å². The molecule has 0 aliphatic carbocycles. The lowest BCUT2D eigenvalue weighted by molar-refractivity contribution is 0.0702. The number of thiophene rings is 1. The Kier molecular flexibility index (Phi) is 3.80. The quantitative estimate of drug-likeness (QED) is 0.663. The van der Waals surface area contributed by atoms with Gasteiger partial charge in [-0.1, -0.05) is 0 Å². The first-order chi connectivity index (χ1) is 6.97. The first-order valence-electron chi connectivity index (χ1n) is 3.99. The third-order valence-electron chi connectivity index (χ3n) is 1.53. The summed E-state index contributed by atoms with van der Waals surface area (Å²) in [6, 6.07) is 1.12. The first kappa shape index (κ1) is 12.1. The van der Waals surface area contributed by atoms with Gasteiger partial charge in [-0.2, -0.15) is 0 Å². The molecule has 8 heteroatoms. The average molecular weight is 250 g/mol. The third-order valence-corrected chi connectivity index (χ3v) is 4.04. The molecule has 0 unspecified atom stereocenters. The van der Waals surface area contributed by atoms with Crippen LogP contribution in [0.5, 0.6) is 0 Å². The number of hydrogen-bond acceptors (Lipinski definition) is 5. The number of carboxylic acid groups (broad SMARTS) is 1. The fourth-order valence-electron chi connectivity index (χ4n) is 0.848. The lowest BCUT2D eigenvalue weighted by Gasteiger charge is -2.01. The van der Waals surface area contributed by atoms with Gasteiger partial charge in [0, 0.05) is 18.5 Å². The average Bonchev–Trinajstić information content (AvgIpc) is 2.64. The zero-order valence-corrected chi connectivity index (χ0v) is 9.27. The molecule has 0 fully saturated rings. The number of nitrogens with one attached hydrogen (secondary N) is 1. The fraction of sp³-hybridized carbons (Fsp3) is 0.286. The van der Waals surface area contributed by atoms with E-state index in [1.165, 1.54) is 5.38 Å². The van der Waals surface area contributed by atoms with E-state index in [0.717, 1.165) is 17.4 Å². The van der Waals surface area contributed by atoms with Crippen molar-refractivity contribution in [2.75, 3.05) is 13.1 Å². The number of nitrogens with two attached hydrogens (primary N) is 1. The van der Waals surface area contributed by atoms with E-state index >= 15 is 0 Å². The molecule has 84 valence electrons. The Morgan fingerprint density at radius 2 is 2.27 bits per heavy atom. The number of aromatic carboxylic acids is 1. The summed E-state index contributed by atoms with van der Waals surface area (Å²) in [5.74, 6) is -1.14. The second-order valence-electron chi connectivity index (χ2n) is 2.64. The molecule has 6 nitrogen and oxygen atoms in total. The second kappa shape index (κ2) is 4.71. The van der Waals surface area contributed by atoms with Crippen LogP contribution < -0.4 is 10.5 Å². The van der Waals surface area contributed by atoms with Gasteiger partial charge in [0.15, 0.2) is 0 Å². The molecule has 0 spiro atoms. The van der Waals surface area contributed by atoms with Crippen LogP contribution in [0, 0.1) is 0 Å².